The van der Waals surface area contributed by atoms with Crippen LogP contribution in [0.25, 0.3) is 0 Å². The van der Waals surface area contributed by atoms with Crippen LogP contribution >= 0.6 is 0 Å². The summed E-state index contributed by atoms with van der Waals surface area (Å²) < 4.78 is 5.50. The van der Waals surface area contributed by atoms with E-state index in [2.05, 4.69) is 0 Å². The normalized spacial score (nSPS) is 13.1. The molecule has 0 aliphatic heterocycles. The Kier molecular flexibility index (Phi) is 8.01. The van der Waals surface area contributed by atoms with Crippen molar-refractivity contribution in [3.05, 3.63) is 0 Å². The molecule has 2 N–H and O–H groups in total. The van der Waals surface area contributed by atoms with Crippen molar-refractivity contribution in [1.82, 2.24) is 0 Å². The highest BCUT2D eigenvalue weighted by Crippen LogP contribution is 2.13. The summed E-state index contributed by atoms with van der Waals surface area (Å²) in [5, 5.41) is 19.0. The van der Waals surface area contributed by atoms with Crippen molar-refractivity contribution in [2.75, 3.05) is 13.2 Å². The number of hydrogen-bond acceptors (Lipinski definition) is 3. The van der Waals surface area contributed by atoms with E-state index in [-0.39, 0.29) is 0 Å². The molecule has 0 rings (SSSR count). The van der Waals surface area contributed by atoms with E-state index in [1.165, 1.54) is 0 Å². The average Bonchev–Trinajstić information content (AvgIpc) is 2.11. The summed E-state index contributed by atoms with van der Waals surface area (Å²) in [7, 11) is 0. The standard InChI is InChI=1S/C14H30O3/c1-13(2,15)9-5-7-11-17-12-8-6-10-14(3,4)16/h15-16H,5-12H2,1-4H3. The molecule has 0 aliphatic rings. The third-order valence-corrected chi connectivity index (χ3v) is 2.65. The first-order valence-corrected chi connectivity index (χ1v) is 6.73. The van der Waals surface area contributed by atoms with E-state index >= 15 is 0 Å². The van der Waals surface area contributed by atoms with Gasteiger partial charge in [-0.15, -0.1) is 0 Å². The molecule has 0 atom stereocenters. The summed E-state index contributed by atoms with van der Waals surface area (Å²) in [5.41, 5.74) is -1.10. The molecule has 0 spiro atoms. The maximum atomic E-state index is 9.50. The van der Waals surface area contributed by atoms with Gasteiger partial charge in [0.1, 0.15) is 0 Å². The zero-order valence-electron chi connectivity index (χ0n) is 12.0. The fraction of sp³-hybridized carbons (Fsp3) is 1.00. The molecule has 0 aliphatic carbocycles. The van der Waals surface area contributed by atoms with Gasteiger partial charge in [0.2, 0.25) is 0 Å². The topological polar surface area (TPSA) is 49.7 Å². The Hall–Kier alpha value is -0.120. The Labute approximate surface area is 106 Å². The Bertz CT molecular complexity index is 157. The average molecular weight is 246 g/mol. The highest BCUT2D eigenvalue weighted by atomic mass is 16.5. The van der Waals surface area contributed by atoms with E-state index in [1.807, 2.05) is 27.7 Å². The molecular formula is C14H30O3. The van der Waals surface area contributed by atoms with Crippen molar-refractivity contribution in [3.8, 4) is 0 Å². The summed E-state index contributed by atoms with van der Waals surface area (Å²) in [6, 6.07) is 0. The number of ether oxygens (including phenoxy) is 1. The number of aliphatic hydroxyl groups is 2. The van der Waals surface area contributed by atoms with Crippen molar-refractivity contribution in [3.63, 3.8) is 0 Å². The Morgan fingerprint density at radius 2 is 1.06 bits per heavy atom. The van der Waals surface area contributed by atoms with E-state index in [4.69, 9.17) is 4.74 Å². The number of rotatable bonds is 10. The summed E-state index contributed by atoms with van der Waals surface area (Å²) in [6.45, 7) is 8.90. The first kappa shape index (κ1) is 16.9. The lowest BCUT2D eigenvalue weighted by Crippen LogP contribution is -2.18. The van der Waals surface area contributed by atoms with Crippen LogP contribution in [0.3, 0.4) is 0 Å². The van der Waals surface area contributed by atoms with Gasteiger partial charge in [-0.3, -0.25) is 0 Å². The van der Waals surface area contributed by atoms with Crippen molar-refractivity contribution in [1.29, 1.82) is 0 Å². The monoisotopic (exact) mass is 246 g/mol. The molecule has 0 aromatic heterocycles. The van der Waals surface area contributed by atoms with Crippen molar-refractivity contribution in [2.45, 2.75) is 77.4 Å². The smallest absolute Gasteiger partial charge is 0.0591 e. The molecule has 3 nitrogen and oxygen atoms in total. The fourth-order valence-electron chi connectivity index (χ4n) is 1.63. The maximum Gasteiger partial charge on any atom is 0.0591 e. The zero-order valence-corrected chi connectivity index (χ0v) is 12.0. The molecule has 0 unspecified atom stereocenters. The van der Waals surface area contributed by atoms with Crippen LogP contribution in [0.4, 0.5) is 0 Å². The molecule has 0 saturated carbocycles. The van der Waals surface area contributed by atoms with E-state index in [0.29, 0.717) is 0 Å². The molecule has 0 bridgehead atoms. The lowest BCUT2D eigenvalue weighted by molar-refractivity contribution is 0.0582. The van der Waals surface area contributed by atoms with Crippen LogP contribution in [-0.2, 0) is 4.74 Å². The molecule has 0 aromatic rings. The molecule has 0 heterocycles. The maximum absolute atomic E-state index is 9.50. The van der Waals surface area contributed by atoms with Crippen LogP contribution in [-0.4, -0.2) is 34.6 Å². The second kappa shape index (κ2) is 8.06. The minimum Gasteiger partial charge on any atom is -0.390 e. The molecule has 104 valence electrons. The summed E-state index contributed by atoms with van der Waals surface area (Å²) in [6.07, 6.45) is 5.69. The van der Waals surface area contributed by atoms with Crippen LogP contribution in [0.1, 0.15) is 66.2 Å². The SMILES string of the molecule is CC(C)(O)CCCCOCCCCC(C)(C)O. The summed E-state index contributed by atoms with van der Waals surface area (Å²) in [5.74, 6) is 0. The molecule has 0 saturated heterocycles. The second-order valence-electron chi connectivity index (χ2n) is 6.15. The van der Waals surface area contributed by atoms with Gasteiger partial charge < -0.3 is 14.9 Å². The van der Waals surface area contributed by atoms with Crippen molar-refractivity contribution < 1.29 is 14.9 Å². The minimum absolute atomic E-state index is 0.549. The van der Waals surface area contributed by atoms with Crippen molar-refractivity contribution in [2.24, 2.45) is 0 Å². The predicted octanol–water partition coefficient (Wildman–Crippen LogP) is 2.89. The van der Waals surface area contributed by atoms with Crippen molar-refractivity contribution >= 4 is 0 Å². The second-order valence-corrected chi connectivity index (χ2v) is 6.15. The summed E-state index contributed by atoms with van der Waals surface area (Å²) in [4.78, 5) is 0. The Morgan fingerprint density at radius 3 is 1.35 bits per heavy atom. The van der Waals surface area contributed by atoms with Crippen LogP contribution in [0.2, 0.25) is 0 Å². The van der Waals surface area contributed by atoms with Gasteiger partial charge >= 0.3 is 0 Å². The highest BCUT2D eigenvalue weighted by Gasteiger charge is 2.11. The molecule has 17 heavy (non-hydrogen) atoms. The van der Waals surface area contributed by atoms with Crippen LogP contribution in [0, 0.1) is 0 Å². The molecule has 0 amide bonds. The largest absolute Gasteiger partial charge is 0.390 e. The third-order valence-electron chi connectivity index (χ3n) is 2.65. The van der Waals surface area contributed by atoms with Gasteiger partial charge in [0.05, 0.1) is 11.2 Å². The molecular weight excluding hydrogens is 216 g/mol. The highest BCUT2D eigenvalue weighted by molar-refractivity contribution is 4.65. The van der Waals surface area contributed by atoms with E-state index in [9.17, 15) is 10.2 Å². The first-order valence-electron chi connectivity index (χ1n) is 6.73. The third kappa shape index (κ3) is 15.9. The van der Waals surface area contributed by atoms with Crippen LogP contribution in [0.5, 0.6) is 0 Å². The number of unbranched alkanes of at least 4 members (excludes halogenated alkanes) is 2. The lowest BCUT2D eigenvalue weighted by Gasteiger charge is -2.17. The van der Waals surface area contributed by atoms with E-state index in [1.54, 1.807) is 0 Å². The Balaban J connectivity index is 3.15. The van der Waals surface area contributed by atoms with Crippen LogP contribution in [0.15, 0.2) is 0 Å². The quantitative estimate of drug-likeness (QED) is 0.583. The molecule has 0 radical (unpaired) electrons. The van der Waals surface area contributed by atoms with Gasteiger partial charge in [-0.05, 0) is 66.2 Å². The fourth-order valence-corrected chi connectivity index (χ4v) is 1.63. The molecule has 0 aromatic carbocycles. The number of hydrogen-bond donors (Lipinski definition) is 2. The zero-order chi connectivity index (χ0) is 13.4. The lowest BCUT2D eigenvalue weighted by atomic mass is 10.0. The first-order chi connectivity index (χ1) is 7.71. The predicted molar refractivity (Wildman–Crippen MR) is 71.1 cm³/mol. The van der Waals surface area contributed by atoms with Gasteiger partial charge in [0, 0.05) is 13.2 Å². The van der Waals surface area contributed by atoms with Crippen LogP contribution < -0.4 is 0 Å². The minimum atomic E-state index is -0.549. The molecule has 0 fully saturated rings. The van der Waals surface area contributed by atoms with Gasteiger partial charge in [-0.1, -0.05) is 0 Å². The molecule has 3 heteroatoms. The van der Waals surface area contributed by atoms with E-state index in [0.717, 1.165) is 51.7 Å². The van der Waals surface area contributed by atoms with Gasteiger partial charge in [-0.2, -0.15) is 0 Å². The van der Waals surface area contributed by atoms with E-state index < -0.39 is 11.2 Å². The van der Waals surface area contributed by atoms with Gasteiger partial charge in [0.25, 0.3) is 0 Å². The summed E-state index contributed by atoms with van der Waals surface area (Å²) >= 11 is 0. The van der Waals surface area contributed by atoms with Gasteiger partial charge in [0.15, 0.2) is 0 Å². The van der Waals surface area contributed by atoms with Gasteiger partial charge in [-0.25, -0.2) is 0 Å². The Morgan fingerprint density at radius 1 is 0.706 bits per heavy atom.